The molecule has 0 atom stereocenters. The molecule has 1 saturated carbocycles. The maximum atomic E-state index is 5.21. The van der Waals surface area contributed by atoms with Crippen LogP contribution in [-0.4, -0.2) is 16.3 Å². The molecule has 2 bridgehead atoms. The SMILES string of the molecule is Cc1cccc(C)c1N1c2cc3c(cc2B2c4c1cccc4-n1c(C)nc4cc(C(C)(C)C)cc2c41)C1(C)CCC3(C)CC1. The van der Waals surface area contributed by atoms with Gasteiger partial charge in [0, 0.05) is 17.1 Å². The van der Waals surface area contributed by atoms with Crippen molar-refractivity contribution in [2.24, 2.45) is 0 Å². The molecule has 0 N–H and O–H groups in total. The normalized spacial score (nSPS) is 22.7. The smallest absolute Gasteiger partial charge is 0.252 e. The fourth-order valence-electron chi connectivity index (χ4n) is 9.46. The molecule has 3 heterocycles. The van der Waals surface area contributed by atoms with Crippen LogP contribution in [0.4, 0.5) is 17.1 Å². The van der Waals surface area contributed by atoms with Crippen LogP contribution >= 0.6 is 0 Å². The third-order valence-corrected chi connectivity index (χ3v) is 12.1. The fraction of sp³-hybridized carbons (Fsp3) is 0.375. The molecule has 10 rings (SSSR count). The lowest BCUT2D eigenvalue weighted by Crippen LogP contribution is -2.61. The summed E-state index contributed by atoms with van der Waals surface area (Å²) in [7, 11) is 0. The van der Waals surface area contributed by atoms with Crippen LogP contribution < -0.4 is 21.3 Å². The van der Waals surface area contributed by atoms with Crippen LogP contribution in [0.5, 0.6) is 0 Å². The van der Waals surface area contributed by atoms with Gasteiger partial charge in [-0.05, 0) is 131 Å². The number of hydrogen-bond acceptors (Lipinski definition) is 2. The van der Waals surface area contributed by atoms with Crippen LogP contribution in [-0.2, 0) is 16.2 Å². The summed E-state index contributed by atoms with van der Waals surface area (Å²) in [6.45, 7) is 19.0. The van der Waals surface area contributed by atoms with Gasteiger partial charge >= 0.3 is 0 Å². The highest BCUT2D eigenvalue weighted by Crippen LogP contribution is 2.57. The molecule has 0 spiro atoms. The number of rotatable bonds is 1. The number of para-hydroxylation sites is 1. The molecule has 220 valence electrons. The highest BCUT2D eigenvalue weighted by atomic mass is 15.2. The molecule has 0 amide bonds. The summed E-state index contributed by atoms with van der Waals surface area (Å²) in [5.41, 5.74) is 19.7. The molecule has 0 unspecified atom stereocenters. The third-order valence-electron chi connectivity index (χ3n) is 12.1. The molecule has 5 aliphatic rings. The number of anilines is 3. The minimum Gasteiger partial charge on any atom is -0.311 e. The Kier molecular flexibility index (Phi) is 5.00. The first kappa shape index (κ1) is 26.6. The van der Waals surface area contributed by atoms with E-state index >= 15 is 0 Å². The molecular weight excluding hydrogens is 533 g/mol. The van der Waals surface area contributed by atoms with Gasteiger partial charge in [-0.15, -0.1) is 0 Å². The van der Waals surface area contributed by atoms with Gasteiger partial charge in [0.05, 0.1) is 16.7 Å². The minimum atomic E-state index is 0.0288. The predicted molar refractivity (Wildman–Crippen MR) is 186 cm³/mol. The summed E-state index contributed by atoms with van der Waals surface area (Å²) in [5, 5.41) is 0. The van der Waals surface area contributed by atoms with E-state index in [1.807, 2.05) is 0 Å². The minimum absolute atomic E-state index is 0.0288. The van der Waals surface area contributed by atoms with Crippen molar-refractivity contribution in [3.63, 3.8) is 0 Å². The van der Waals surface area contributed by atoms with Crippen molar-refractivity contribution in [3.05, 3.63) is 94.3 Å². The molecule has 4 heteroatoms. The number of benzene rings is 4. The summed E-state index contributed by atoms with van der Waals surface area (Å²) in [6.07, 6.45) is 5.15. The molecule has 5 aromatic rings. The predicted octanol–water partition coefficient (Wildman–Crippen LogP) is 7.96. The number of nitrogens with zero attached hydrogens (tertiary/aromatic N) is 3. The van der Waals surface area contributed by atoms with Gasteiger partial charge in [0.2, 0.25) is 0 Å². The fourth-order valence-corrected chi connectivity index (χ4v) is 9.46. The number of aryl methyl sites for hydroxylation is 3. The molecule has 4 aromatic carbocycles. The van der Waals surface area contributed by atoms with E-state index in [4.69, 9.17) is 4.98 Å². The second-order valence-electron chi connectivity index (χ2n) is 16.0. The topological polar surface area (TPSA) is 21.1 Å². The van der Waals surface area contributed by atoms with E-state index in [0.717, 1.165) is 11.3 Å². The van der Waals surface area contributed by atoms with Gasteiger partial charge in [-0.25, -0.2) is 4.98 Å². The molecule has 0 saturated heterocycles. The lowest BCUT2D eigenvalue weighted by molar-refractivity contribution is 0.188. The van der Waals surface area contributed by atoms with Crippen molar-refractivity contribution in [2.75, 3.05) is 4.90 Å². The Morgan fingerprint density at radius 2 is 1.34 bits per heavy atom. The molecule has 0 radical (unpaired) electrons. The zero-order valence-corrected chi connectivity index (χ0v) is 27.5. The second-order valence-corrected chi connectivity index (χ2v) is 16.0. The molecule has 1 fully saturated rings. The largest absolute Gasteiger partial charge is 0.311 e. The van der Waals surface area contributed by atoms with Gasteiger partial charge in [0.1, 0.15) is 5.82 Å². The Hall–Kier alpha value is -3.79. The highest BCUT2D eigenvalue weighted by Gasteiger charge is 2.50. The van der Waals surface area contributed by atoms with Crippen LogP contribution in [0.3, 0.4) is 0 Å². The van der Waals surface area contributed by atoms with E-state index in [0.29, 0.717) is 0 Å². The summed E-state index contributed by atoms with van der Waals surface area (Å²) in [5.74, 6) is 1.06. The number of imidazole rings is 1. The third kappa shape index (κ3) is 3.22. The molecule has 2 aliphatic heterocycles. The van der Waals surface area contributed by atoms with Crippen LogP contribution in [0.2, 0.25) is 0 Å². The number of hydrogen-bond donors (Lipinski definition) is 0. The Morgan fingerprint density at radius 1 is 0.727 bits per heavy atom. The van der Waals surface area contributed by atoms with E-state index in [-0.39, 0.29) is 23.0 Å². The van der Waals surface area contributed by atoms with Crippen LogP contribution in [0.25, 0.3) is 16.7 Å². The zero-order valence-electron chi connectivity index (χ0n) is 27.5. The van der Waals surface area contributed by atoms with Gasteiger partial charge in [0.25, 0.3) is 6.71 Å². The second kappa shape index (κ2) is 8.27. The first-order valence-corrected chi connectivity index (χ1v) is 16.6. The summed E-state index contributed by atoms with van der Waals surface area (Å²) in [6, 6.07) is 23.9. The summed E-state index contributed by atoms with van der Waals surface area (Å²) >= 11 is 0. The van der Waals surface area contributed by atoms with Crippen molar-refractivity contribution in [3.8, 4) is 5.69 Å². The average molecular weight is 576 g/mol. The number of fused-ring (bicyclic) bond motifs is 6. The number of aromatic nitrogens is 2. The van der Waals surface area contributed by atoms with E-state index in [2.05, 4.69) is 126 Å². The highest BCUT2D eigenvalue weighted by molar-refractivity contribution is 7.00. The van der Waals surface area contributed by atoms with E-state index < -0.39 is 0 Å². The van der Waals surface area contributed by atoms with E-state index in [1.165, 1.54) is 87.0 Å². The molecular formula is C40H42BN3. The molecule has 3 aliphatic carbocycles. The van der Waals surface area contributed by atoms with Crippen LogP contribution in [0, 0.1) is 20.8 Å². The van der Waals surface area contributed by atoms with Crippen LogP contribution in [0.1, 0.15) is 93.9 Å². The van der Waals surface area contributed by atoms with Crippen molar-refractivity contribution in [1.82, 2.24) is 9.55 Å². The molecule has 1 aromatic heterocycles. The molecule has 3 nitrogen and oxygen atoms in total. The summed E-state index contributed by atoms with van der Waals surface area (Å²) in [4.78, 5) is 7.84. The van der Waals surface area contributed by atoms with E-state index in [1.54, 1.807) is 11.1 Å². The lowest BCUT2D eigenvalue weighted by Gasteiger charge is -2.53. The van der Waals surface area contributed by atoms with Gasteiger partial charge in [-0.3, -0.25) is 4.57 Å². The molecule has 44 heavy (non-hydrogen) atoms. The monoisotopic (exact) mass is 575 g/mol. The van der Waals surface area contributed by atoms with Gasteiger partial charge < -0.3 is 4.90 Å². The standard InChI is InChI=1S/C40H42BN3/c1-23-11-9-12-24(2)36(23)44-33-14-10-13-32-35(33)41(30-19-26(38(4,5)6)20-31-37(30)43(32)25(3)42-31)29-21-27-28(22-34(29)44)40(8)17-15-39(27,7)16-18-40/h9-14,19-22H,15-18H2,1-8H3. The first-order chi connectivity index (χ1) is 20.9. The average Bonchev–Trinajstić information content (AvgIpc) is 3.32. The van der Waals surface area contributed by atoms with Crippen molar-refractivity contribution in [1.29, 1.82) is 0 Å². The Bertz CT molecular complexity index is 2060. The summed E-state index contributed by atoms with van der Waals surface area (Å²) < 4.78 is 2.45. The van der Waals surface area contributed by atoms with Crippen molar-refractivity contribution < 1.29 is 0 Å². The first-order valence-electron chi connectivity index (χ1n) is 16.6. The van der Waals surface area contributed by atoms with Gasteiger partial charge in [0.15, 0.2) is 0 Å². The zero-order chi connectivity index (χ0) is 30.5. The van der Waals surface area contributed by atoms with Crippen molar-refractivity contribution >= 4 is 51.2 Å². The van der Waals surface area contributed by atoms with Crippen molar-refractivity contribution in [2.45, 2.75) is 97.3 Å². The van der Waals surface area contributed by atoms with E-state index in [9.17, 15) is 0 Å². The Morgan fingerprint density at radius 3 is 2.00 bits per heavy atom. The quantitative estimate of drug-likeness (QED) is 0.185. The van der Waals surface area contributed by atoms with Gasteiger partial charge in [-0.2, -0.15) is 0 Å². The maximum absolute atomic E-state index is 5.21. The Balaban J connectivity index is 1.46. The van der Waals surface area contributed by atoms with Gasteiger partial charge in [-0.1, -0.05) is 71.0 Å². The lowest BCUT2D eigenvalue weighted by atomic mass is 9.33. The Labute approximate surface area is 262 Å². The van der Waals surface area contributed by atoms with Crippen LogP contribution in [0.15, 0.2) is 60.7 Å². The maximum Gasteiger partial charge on any atom is 0.252 e.